The fourth-order valence-corrected chi connectivity index (χ4v) is 2.20. The topological polar surface area (TPSA) is 102 Å². The van der Waals surface area contributed by atoms with Gasteiger partial charge >= 0.3 is 12.1 Å². The molecular formula is C16H27N3O5. The van der Waals surface area contributed by atoms with Crippen molar-refractivity contribution < 1.29 is 19.1 Å². The molecule has 0 saturated heterocycles. The summed E-state index contributed by atoms with van der Waals surface area (Å²) in [6, 6.07) is -0.876. The highest BCUT2D eigenvalue weighted by Gasteiger charge is 2.26. The number of carbonyl (C=O) groups excluding carboxylic acids is 2. The van der Waals surface area contributed by atoms with Gasteiger partial charge in [-0.25, -0.2) is 9.59 Å². The predicted molar refractivity (Wildman–Crippen MR) is 88.9 cm³/mol. The van der Waals surface area contributed by atoms with Crippen molar-refractivity contribution in [1.29, 1.82) is 0 Å². The molecule has 1 rings (SSSR count). The van der Waals surface area contributed by atoms with Crippen LogP contribution in [0.1, 0.15) is 45.4 Å². The molecule has 136 valence electrons. The number of hydrogen-bond acceptors (Lipinski definition) is 5. The Balaban J connectivity index is 2.81. The molecule has 0 aliphatic carbocycles. The van der Waals surface area contributed by atoms with Crippen LogP contribution in [0.15, 0.2) is 4.79 Å². The third-order valence-corrected chi connectivity index (χ3v) is 3.43. The van der Waals surface area contributed by atoms with Crippen molar-refractivity contribution >= 4 is 12.1 Å². The maximum absolute atomic E-state index is 12.1. The summed E-state index contributed by atoms with van der Waals surface area (Å²) in [5, 5.41) is 5.18. The fourth-order valence-electron chi connectivity index (χ4n) is 2.20. The van der Waals surface area contributed by atoms with Crippen LogP contribution in [0.2, 0.25) is 0 Å². The Bertz CT molecular complexity index is 639. The quantitative estimate of drug-likeness (QED) is 0.762. The van der Waals surface area contributed by atoms with Gasteiger partial charge in [0.25, 0.3) is 5.56 Å². The second-order valence-corrected chi connectivity index (χ2v) is 6.55. The highest BCUT2D eigenvalue weighted by atomic mass is 16.6. The fraction of sp³-hybridized carbons (Fsp3) is 0.688. The third kappa shape index (κ3) is 5.75. The molecule has 1 atom stereocenters. The molecule has 0 bridgehead atoms. The number of aryl methyl sites for hydroxylation is 1. The molecule has 2 N–H and O–H groups in total. The summed E-state index contributed by atoms with van der Waals surface area (Å²) < 4.78 is 11.8. The molecule has 1 heterocycles. The van der Waals surface area contributed by atoms with Crippen molar-refractivity contribution in [2.75, 3.05) is 6.61 Å². The summed E-state index contributed by atoms with van der Waals surface area (Å²) in [4.78, 5) is 35.8. The van der Waals surface area contributed by atoms with Crippen LogP contribution in [0.25, 0.3) is 0 Å². The Kier molecular flexibility index (Phi) is 6.62. The maximum atomic E-state index is 12.1. The molecule has 0 spiro atoms. The number of H-pyrrole nitrogens is 1. The molecular weight excluding hydrogens is 314 g/mol. The lowest BCUT2D eigenvalue weighted by molar-refractivity contribution is -0.145. The molecule has 0 saturated carbocycles. The van der Waals surface area contributed by atoms with Crippen LogP contribution in [0.3, 0.4) is 0 Å². The molecule has 24 heavy (non-hydrogen) atoms. The smallest absolute Gasteiger partial charge is 0.408 e. The summed E-state index contributed by atoms with van der Waals surface area (Å²) in [6.45, 7) is 8.91. The molecule has 1 aromatic heterocycles. The summed E-state index contributed by atoms with van der Waals surface area (Å²) >= 11 is 0. The number of aromatic nitrogens is 2. The van der Waals surface area contributed by atoms with E-state index in [2.05, 4.69) is 10.4 Å². The highest BCUT2D eigenvalue weighted by molar-refractivity contribution is 5.81. The molecule has 0 aliphatic heterocycles. The standard InChI is InChI=1S/C16H27N3O5/c1-7-23-14(21)12(17-15(22)24-16(3,4)5)9-8-11-10(2)19(6)18-13(11)20/h12H,7-9H2,1-6H3,(H,17,22)(H,18,20). The summed E-state index contributed by atoms with van der Waals surface area (Å²) in [7, 11) is 1.74. The Hall–Kier alpha value is -2.25. The number of nitrogens with one attached hydrogen (secondary N) is 2. The number of aromatic amines is 1. The van der Waals surface area contributed by atoms with Gasteiger partial charge in [0.05, 0.1) is 6.61 Å². The first-order chi connectivity index (χ1) is 11.0. The zero-order chi connectivity index (χ0) is 18.5. The van der Waals surface area contributed by atoms with Crippen LogP contribution in [0, 0.1) is 6.92 Å². The van der Waals surface area contributed by atoms with E-state index in [0.29, 0.717) is 12.0 Å². The second kappa shape index (κ2) is 8.03. The minimum Gasteiger partial charge on any atom is -0.464 e. The average Bonchev–Trinajstić information content (AvgIpc) is 2.67. The van der Waals surface area contributed by atoms with Gasteiger partial charge in [-0.05, 0) is 47.5 Å². The zero-order valence-electron chi connectivity index (χ0n) is 15.2. The minimum atomic E-state index is -0.876. The number of rotatable bonds is 6. The first-order valence-corrected chi connectivity index (χ1v) is 7.95. The second-order valence-electron chi connectivity index (χ2n) is 6.55. The van der Waals surface area contributed by atoms with E-state index in [1.165, 1.54) is 0 Å². The number of carbonyl (C=O) groups is 2. The van der Waals surface area contributed by atoms with Gasteiger partial charge in [-0.15, -0.1) is 0 Å². The molecule has 0 aliphatic rings. The third-order valence-electron chi connectivity index (χ3n) is 3.43. The van der Waals surface area contributed by atoms with E-state index in [9.17, 15) is 14.4 Å². The van der Waals surface area contributed by atoms with Crippen molar-refractivity contribution in [1.82, 2.24) is 15.1 Å². The van der Waals surface area contributed by atoms with E-state index < -0.39 is 23.7 Å². The normalized spacial score (nSPS) is 12.6. The number of nitrogens with zero attached hydrogens (tertiary/aromatic N) is 1. The van der Waals surface area contributed by atoms with Crippen molar-refractivity contribution in [3.05, 3.63) is 21.6 Å². The lowest BCUT2D eigenvalue weighted by Crippen LogP contribution is -2.44. The molecule has 0 aromatic carbocycles. The first-order valence-electron chi connectivity index (χ1n) is 7.95. The predicted octanol–water partition coefficient (Wildman–Crippen LogP) is 1.41. The lowest BCUT2D eigenvalue weighted by Gasteiger charge is -2.22. The van der Waals surface area contributed by atoms with Crippen LogP contribution in [0.5, 0.6) is 0 Å². The Labute approximate surface area is 141 Å². The van der Waals surface area contributed by atoms with Gasteiger partial charge in [0.1, 0.15) is 11.6 Å². The van der Waals surface area contributed by atoms with Crippen LogP contribution < -0.4 is 10.9 Å². The molecule has 8 heteroatoms. The molecule has 1 aromatic rings. The molecule has 0 radical (unpaired) electrons. The van der Waals surface area contributed by atoms with Gasteiger partial charge in [-0.3, -0.25) is 14.6 Å². The Morgan fingerprint density at radius 1 is 1.33 bits per heavy atom. The SMILES string of the molecule is CCOC(=O)C(CCc1c(C)n(C)[nH]c1=O)NC(=O)OC(C)(C)C. The summed E-state index contributed by atoms with van der Waals surface area (Å²) in [5.41, 5.74) is 0.503. The van der Waals surface area contributed by atoms with Crippen molar-refractivity contribution in [2.24, 2.45) is 7.05 Å². The molecule has 0 fully saturated rings. The average molecular weight is 341 g/mol. The van der Waals surface area contributed by atoms with Crippen molar-refractivity contribution in [2.45, 2.75) is 59.1 Å². The lowest BCUT2D eigenvalue weighted by atomic mass is 10.1. The number of alkyl carbamates (subject to hydrolysis) is 1. The Morgan fingerprint density at radius 3 is 2.42 bits per heavy atom. The summed E-state index contributed by atoms with van der Waals surface area (Å²) in [6.07, 6.45) is -0.118. The minimum absolute atomic E-state index is 0.199. The van der Waals surface area contributed by atoms with Gasteiger partial charge in [-0.2, -0.15) is 0 Å². The van der Waals surface area contributed by atoms with Crippen molar-refractivity contribution in [3.8, 4) is 0 Å². The van der Waals surface area contributed by atoms with Crippen molar-refractivity contribution in [3.63, 3.8) is 0 Å². The number of ether oxygens (including phenoxy) is 2. The zero-order valence-corrected chi connectivity index (χ0v) is 15.2. The molecule has 1 unspecified atom stereocenters. The largest absolute Gasteiger partial charge is 0.464 e. The monoisotopic (exact) mass is 341 g/mol. The van der Waals surface area contributed by atoms with E-state index in [0.717, 1.165) is 5.69 Å². The van der Waals surface area contributed by atoms with Crippen LogP contribution in [-0.4, -0.2) is 40.1 Å². The first kappa shape index (κ1) is 19.8. The maximum Gasteiger partial charge on any atom is 0.408 e. The van der Waals surface area contributed by atoms with E-state index in [4.69, 9.17) is 9.47 Å². The Morgan fingerprint density at radius 2 is 1.96 bits per heavy atom. The van der Waals surface area contributed by atoms with E-state index >= 15 is 0 Å². The van der Waals surface area contributed by atoms with Crippen LogP contribution in [-0.2, 0) is 27.7 Å². The summed E-state index contributed by atoms with van der Waals surface area (Å²) in [5.74, 6) is -0.548. The number of esters is 1. The van der Waals surface area contributed by atoms with Gasteiger partial charge < -0.3 is 14.8 Å². The van der Waals surface area contributed by atoms with E-state index in [1.807, 2.05) is 6.92 Å². The number of amides is 1. The van der Waals surface area contributed by atoms with Crippen LogP contribution in [0.4, 0.5) is 4.79 Å². The van der Waals surface area contributed by atoms with Gasteiger partial charge in [-0.1, -0.05) is 0 Å². The van der Waals surface area contributed by atoms with Gasteiger partial charge in [0.2, 0.25) is 0 Å². The molecule has 1 amide bonds. The highest BCUT2D eigenvalue weighted by Crippen LogP contribution is 2.10. The van der Waals surface area contributed by atoms with E-state index in [1.54, 1.807) is 39.4 Å². The van der Waals surface area contributed by atoms with E-state index in [-0.39, 0.29) is 18.6 Å². The van der Waals surface area contributed by atoms with Crippen LogP contribution >= 0.6 is 0 Å². The number of hydrogen-bond donors (Lipinski definition) is 2. The van der Waals surface area contributed by atoms with Gasteiger partial charge in [0.15, 0.2) is 0 Å². The molecule has 8 nitrogen and oxygen atoms in total. The van der Waals surface area contributed by atoms with Gasteiger partial charge in [0, 0.05) is 18.3 Å².